The summed E-state index contributed by atoms with van der Waals surface area (Å²) in [6, 6.07) is 13.8. The van der Waals surface area contributed by atoms with Crippen LogP contribution in [-0.4, -0.2) is 14.2 Å². The largest absolute Gasteiger partial charge is 0.497 e. The quantitative estimate of drug-likeness (QED) is 0.704. The van der Waals surface area contributed by atoms with Crippen molar-refractivity contribution in [3.8, 4) is 22.6 Å². The summed E-state index contributed by atoms with van der Waals surface area (Å²) in [5.41, 5.74) is 2.92. The first-order chi connectivity index (χ1) is 9.31. The van der Waals surface area contributed by atoms with Crippen molar-refractivity contribution in [1.82, 2.24) is 0 Å². The van der Waals surface area contributed by atoms with E-state index in [-0.39, 0.29) is 0 Å². The van der Waals surface area contributed by atoms with E-state index >= 15 is 0 Å². The second kappa shape index (κ2) is 4.69. The van der Waals surface area contributed by atoms with E-state index in [0.29, 0.717) is 0 Å². The van der Waals surface area contributed by atoms with Gasteiger partial charge in [0, 0.05) is 17.0 Å². The average molecular weight is 254 g/mol. The zero-order valence-corrected chi connectivity index (χ0v) is 10.8. The van der Waals surface area contributed by atoms with E-state index < -0.39 is 0 Å². The zero-order chi connectivity index (χ0) is 13.2. The third-order valence-electron chi connectivity index (χ3n) is 3.14. The molecule has 3 nitrogen and oxygen atoms in total. The van der Waals surface area contributed by atoms with Crippen LogP contribution in [0.25, 0.3) is 22.1 Å². The zero-order valence-electron chi connectivity index (χ0n) is 10.8. The van der Waals surface area contributed by atoms with Crippen molar-refractivity contribution in [3.63, 3.8) is 0 Å². The Morgan fingerprint density at radius 1 is 0.895 bits per heavy atom. The molecule has 0 N–H and O–H groups in total. The molecule has 0 aliphatic heterocycles. The fourth-order valence-electron chi connectivity index (χ4n) is 2.16. The maximum atomic E-state index is 5.57. The van der Waals surface area contributed by atoms with Crippen LogP contribution >= 0.6 is 0 Å². The van der Waals surface area contributed by atoms with Gasteiger partial charge in [-0.25, -0.2) is 0 Å². The minimum atomic E-state index is 0.764. The molecule has 96 valence electrons. The highest BCUT2D eigenvalue weighted by molar-refractivity contribution is 5.94. The summed E-state index contributed by atoms with van der Waals surface area (Å²) >= 11 is 0. The Morgan fingerprint density at radius 3 is 2.26 bits per heavy atom. The van der Waals surface area contributed by atoms with Crippen LogP contribution in [0, 0.1) is 0 Å². The van der Waals surface area contributed by atoms with Crippen LogP contribution in [0.2, 0.25) is 0 Å². The Labute approximate surface area is 111 Å². The number of fused-ring (bicyclic) bond motifs is 1. The highest BCUT2D eigenvalue weighted by atomic mass is 16.5. The van der Waals surface area contributed by atoms with E-state index in [9.17, 15) is 0 Å². The van der Waals surface area contributed by atoms with Crippen LogP contribution in [0.15, 0.2) is 53.1 Å². The Bertz CT molecular complexity index is 691. The molecule has 0 unspecified atom stereocenters. The van der Waals surface area contributed by atoms with Crippen molar-refractivity contribution in [2.24, 2.45) is 0 Å². The topological polar surface area (TPSA) is 31.6 Å². The van der Waals surface area contributed by atoms with Gasteiger partial charge in [-0.1, -0.05) is 18.2 Å². The van der Waals surface area contributed by atoms with Crippen molar-refractivity contribution in [2.75, 3.05) is 14.2 Å². The lowest BCUT2D eigenvalue weighted by Gasteiger charge is -2.07. The fourth-order valence-corrected chi connectivity index (χ4v) is 2.16. The lowest BCUT2D eigenvalue weighted by atomic mass is 10.0. The molecule has 3 heteroatoms. The summed E-state index contributed by atoms with van der Waals surface area (Å²) in [7, 11) is 3.29. The number of benzene rings is 2. The van der Waals surface area contributed by atoms with Crippen LogP contribution in [-0.2, 0) is 0 Å². The minimum Gasteiger partial charge on any atom is -0.497 e. The first-order valence-electron chi connectivity index (χ1n) is 6.01. The first kappa shape index (κ1) is 11.7. The predicted octanol–water partition coefficient (Wildman–Crippen LogP) is 4.12. The molecule has 0 spiro atoms. The Kier molecular flexibility index (Phi) is 2.88. The van der Waals surface area contributed by atoms with Crippen molar-refractivity contribution >= 4 is 11.0 Å². The molecule has 0 fully saturated rings. The van der Waals surface area contributed by atoms with Gasteiger partial charge in [0.15, 0.2) is 0 Å². The molecule has 0 bridgehead atoms. The second-order valence-electron chi connectivity index (χ2n) is 4.25. The molecule has 1 heterocycles. The SMILES string of the molecule is COc1cc(OC)cc(-c2coc3ccccc23)c1. The molecule has 0 aliphatic carbocycles. The molecule has 2 aromatic carbocycles. The normalized spacial score (nSPS) is 10.6. The van der Waals surface area contributed by atoms with Crippen molar-refractivity contribution in [3.05, 3.63) is 48.7 Å². The highest BCUT2D eigenvalue weighted by Gasteiger charge is 2.10. The fraction of sp³-hybridized carbons (Fsp3) is 0.125. The predicted molar refractivity (Wildman–Crippen MR) is 74.8 cm³/mol. The molecule has 19 heavy (non-hydrogen) atoms. The Morgan fingerprint density at radius 2 is 1.58 bits per heavy atom. The smallest absolute Gasteiger partial charge is 0.134 e. The maximum Gasteiger partial charge on any atom is 0.134 e. The van der Waals surface area contributed by atoms with Gasteiger partial charge in [0.2, 0.25) is 0 Å². The minimum absolute atomic E-state index is 0.764. The molecular weight excluding hydrogens is 240 g/mol. The number of para-hydroxylation sites is 1. The Balaban J connectivity index is 2.20. The highest BCUT2D eigenvalue weighted by Crippen LogP contribution is 2.35. The van der Waals surface area contributed by atoms with Crippen LogP contribution in [0.1, 0.15) is 0 Å². The van der Waals surface area contributed by atoms with Gasteiger partial charge < -0.3 is 13.9 Å². The maximum absolute atomic E-state index is 5.57. The second-order valence-corrected chi connectivity index (χ2v) is 4.25. The molecule has 0 atom stereocenters. The molecule has 0 saturated heterocycles. The van der Waals surface area contributed by atoms with Gasteiger partial charge in [-0.15, -0.1) is 0 Å². The summed E-state index contributed by atoms with van der Waals surface area (Å²) in [5, 5.41) is 1.08. The molecule has 0 saturated carbocycles. The lowest BCUT2D eigenvalue weighted by molar-refractivity contribution is 0.394. The summed E-state index contributed by atoms with van der Waals surface area (Å²) in [6.45, 7) is 0. The lowest BCUT2D eigenvalue weighted by Crippen LogP contribution is -1.88. The summed E-state index contributed by atoms with van der Waals surface area (Å²) in [6.07, 6.45) is 1.76. The van der Waals surface area contributed by atoms with Gasteiger partial charge >= 0.3 is 0 Å². The summed E-state index contributed by atoms with van der Waals surface area (Å²) in [4.78, 5) is 0. The van der Waals surface area contributed by atoms with Gasteiger partial charge in [0.25, 0.3) is 0 Å². The number of hydrogen-bond acceptors (Lipinski definition) is 3. The van der Waals surface area contributed by atoms with Crippen LogP contribution in [0.3, 0.4) is 0 Å². The third-order valence-corrected chi connectivity index (χ3v) is 3.14. The first-order valence-corrected chi connectivity index (χ1v) is 6.01. The van der Waals surface area contributed by atoms with Gasteiger partial charge in [-0.3, -0.25) is 0 Å². The van der Waals surface area contributed by atoms with E-state index in [2.05, 4.69) is 0 Å². The molecule has 0 aliphatic rings. The molecule has 1 aromatic heterocycles. The molecule has 3 aromatic rings. The van der Waals surface area contributed by atoms with E-state index in [1.807, 2.05) is 42.5 Å². The molecular formula is C16H14O3. The van der Waals surface area contributed by atoms with Crippen LogP contribution in [0.4, 0.5) is 0 Å². The van der Waals surface area contributed by atoms with Crippen molar-refractivity contribution < 1.29 is 13.9 Å². The molecule has 3 rings (SSSR count). The van der Waals surface area contributed by atoms with Crippen LogP contribution in [0.5, 0.6) is 11.5 Å². The standard InChI is InChI=1S/C16H14O3/c1-17-12-7-11(8-13(9-12)18-2)15-10-19-16-6-4-3-5-14(15)16/h3-10H,1-2H3. The number of methoxy groups -OCH3 is 2. The average Bonchev–Trinajstić information content (AvgIpc) is 2.90. The van der Waals surface area contributed by atoms with Crippen molar-refractivity contribution in [1.29, 1.82) is 0 Å². The number of rotatable bonds is 3. The number of furan rings is 1. The number of ether oxygens (including phenoxy) is 2. The van der Waals surface area contributed by atoms with Crippen LogP contribution < -0.4 is 9.47 Å². The van der Waals surface area contributed by atoms with Gasteiger partial charge in [0.1, 0.15) is 17.1 Å². The van der Waals surface area contributed by atoms with E-state index in [1.54, 1.807) is 20.5 Å². The van der Waals surface area contributed by atoms with E-state index in [1.165, 1.54) is 0 Å². The van der Waals surface area contributed by atoms with Gasteiger partial charge in [-0.05, 0) is 23.8 Å². The Hall–Kier alpha value is -2.42. The van der Waals surface area contributed by atoms with E-state index in [4.69, 9.17) is 13.9 Å². The van der Waals surface area contributed by atoms with E-state index in [0.717, 1.165) is 33.6 Å². The van der Waals surface area contributed by atoms with Crippen molar-refractivity contribution in [2.45, 2.75) is 0 Å². The number of hydrogen-bond donors (Lipinski definition) is 0. The third kappa shape index (κ3) is 2.03. The summed E-state index contributed by atoms with van der Waals surface area (Å²) in [5.74, 6) is 1.53. The monoisotopic (exact) mass is 254 g/mol. The molecule has 0 amide bonds. The molecule has 0 radical (unpaired) electrons. The van der Waals surface area contributed by atoms with Gasteiger partial charge in [-0.2, -0.15) is 0 Å². The van der Waals surface area contributed by atoms with Gasteiger partial charge in [0.05, 0.1) is 20.5 Å². The summed E-state index contributed by atoms with van der Waals surface area (Å²) < 4.78 is 16.2.